The van der Waals surface area contributed by atoms with Crippen molar-refractivity contribution >= 4 is 29.0 Å². The fourth-order valence-corrected chi connectivity index (χ4v) is 4.41. The highest BCUT2D eigenvalue weighted by Crippen LogP contribution is 2.36. The van der Waals surface area contributed by atoms with Crippen molar-refractivity contribution in [3.8, 4) is 0 Å². The Bertz CT molecular complexity index is 908. The van der Waals surface area contributed by atoms with Crippen molar-refractivity contribution in [3.63, 3.8) is 0 Å². The molecule has 2 aromatic rings. The van der Waals surface area contributed by atoms with E-state index in [1.807, 2.05) is 0 Å². The molecule has 0 N–H and O–H groups in total. The molecule has 2 atom stereocenters. The molecule has 4 rings (SSSR count). The van der Waals surface area contributed by atoms with Crippen LogP contribution in [0.15, 0.2) is 52.8 Å². The zero-order valence-electron chi connectivity index (χ0n) is 16.0. The topological polar surface area (TPSA) is 53.8 Å². The zero-order chi connectivity index (χ0) is 19.8. The number of rotatable bonds is 4. The Kier molecular flexibility index (Phi) is 5.02. The van der Waals surface area contributed by atoms with Crippen molar-refractivity contribution in [2.45, 2.75) is 26.8 Å². The van der Waals surface area contributed by atoms with E-state index in [9.17, 15) is 9.59 Å². The number of carbonyl (C=O) groups is 2. The Morgan fingerprint density at radius 3 is 2.32 bits per heavy atom. The summed E-state index contributed by atoms with van der Waals surface area (Å²) < 4.78 is 5.37. The maximum Gasteiger partial charge on any atom is 0.278 e. The predicted octanol–water partition coefficient (Wildman–Crippen LogP) is 4.19. The van der Waals surface area contributed by atoms with E-state index in [1.165, 1.54) is 4.90 Å². The van der Waals surface area contributed by atoms with E-state index in [0.29, 0.717) is 39.5 Å². The maximum atomic E-state index is 13.3. The van der Waals surface area contributed by atoms with Crippen LogP contribution >= 0.6 is 11.6 Å². The highest BCUT2D eigenvalue weighted by molar-refractivity contribution is 6.35. The van der Waals surface area contributed by atoms with Gasteiger partial charge in [-0.1, -0.05) is 37.6 Å². The molecule has 2 aliphatic heterocycles. The summed E-state index contributed by atoms with van der Waals surface area (Å²) in [6.45, 7) is 6.04. The summed E-state index contributed by atoms with van der Waals surface area (Å²) in [4.78, 5) is 30.0. The van der Waals surface area contributed by atoms with E-state index >= 15 is 0 Å². The van der Waals surface area contributed by atoms with Crippen LogP contribution in [0.3, 0.4) is 0 Å². The number of hydrogen-bond donors (Lipinski definition) is 0. The van der Waals surface area contributed by atoms with Crippen molar-refractivity contribution in [1.29, 1.82) is 0 Å². The predicted molar refractivity (Wildman–Crippen MR) is 107 cm³/mol. The minimum absolute atomic E-state index is 0.129. The highest BCUT2D eigenvalue weighted by Gasteiger charge is 2.43. The summed E-state index contributed by atoms with van der Waals surface area (Å²) in [5, 5.41) is 0.593. The first-order chi connectivity index (χ1) is 13.4. The zero-order valence-corrected chi connectivity index (χ0v) is 16.8. The van der Waals surface area contributed by atoms with Gasteiger partial charge in [0.25, 0.3) is 11.8 Å². The first kappa shape index (κ1) is 18.8. The Hall–Kier alpha value is -2.53. The molecule has 1 aromatic carbocycles. The fraction of sp³-hybridized carbons (Fsp3) is 0.364. The second kappa shape index (κ2) is 7.47. The summed E-state index contributed by atoms with van der Waals surface area (Å²) in [5.41, 5.74) is 1.66. The molecule has 0 aliphatic carbocycles. The largest absolute Gasteiger partial charge is 0.467 e. The van der Waals surface area contributed by atoms with Crippen LogP contribution in [-0.2, 0) is 16.1 Å². The summed E-state index contributed by atoms with van der Waals surface area (Å²) in [5.74, 6) is 0.963. The standard InChI is InChI=1S/C22H23ClN2O3/c1-14-10-15(2)12-24(11-14)20-19(16-5-7-17(23)8-6-16)21(26)25(22(20)27)13-18-4-3-9-28-18/h3-9,14-15H,10-13H2,1-2H3. The molecule has 1 aromatic heterocycles. The van der Waals surface area contributed by atoms with Gasteiger partial charge in [0, 0.05) is 18.1 Å². The maximum absolute atomic E-state index is 13.3. The molecular weight excluding hydrogens is 376 g/mol. The van der Waals surface area contributed by atoms with E-state index in [-0.39, 0.29) is 18.4 Å². The lowest BCUT2D eigenvalue weighted by Crippen LogP contribution is -2.41. The monoisotopic (exact) mass is 398 g/mol. The van der Waals surface area contributed by atoms with Gasteiger partial charge in [-0.15, -0.1) is 0 Å². The van der Waals surface area contributed by atoms with E-state index in [1.54, 1.807) is 42.7 Å². The molecule has 146 valence electrons. The number of likely N-dealkylation sites (tertiary alicyclic amines) is 1. The van der Waals surface area contributed by atoms with Crippen LogP contribution in [0.1, 0.15) is 31.6 Å². The molecule has 2 amide bonds. The molecule has 0 radical (unpaired) electrons. The van der Waals surface area contributed by atoms with Crippen molar-refractivity contribution in [3.05, 3.63) is 64.7 Å². The number of carbonyl (C=O) groups excluding carboxylic acids is 2. The third kappa shape index (κ3) is 3.47. The number of benzene rings is 1. The van der Waals surface area contributed by atoms with Crippen LogP contribution in [0.4, 0.5) is 0 Å². The van der Waals surface area contributed by atoms with Gasteiger partial charge in [-0.2, -0.15) is 0 Å². The Balaban J connectivity index is 1.76. The van der Waals surface area contributed by atoms with Crippen molar-refractivity contribution < 1.29 is 14.0 Å². The summed E-state index contributed by atoms with van der Waals surface area (Å²) >= 11 is 6.03. The van der Waals surface area contributed by atoms with Crippen LogP contribution in [0.5, 0.6) is 0 Å². The molecule has 5 nitrogen and oxygen atoms in total. The number of halogens is 1. The van der Waals surface area contributed by atoms with E-state index in [4.69, 9.17) is 16.0 Å². The Morgan fingerprint density at radius 1 is 1.04 bits per heavy atom. The lowest BCUT2D eigenvalue weighted by Gasteiger charge is -2.37. The summed E-state index contributed by atoms with van der Waals surface area (Å²) in [7, 11) is 0. The quantitative estimate of drug-likeness (QED) is 0.724. The fourth-order valence-electron chi connectivity index (χ4n) is 4.28. The van der Waals surface area contributed by atoms with Crippen LogP contribution < -0.4 is 0 Å². The number of hydrogen-bond acceptors (Lipinski definition) is 4. The lowest BCUT2D eigenvalue weighted by molar-refractivity contribution is -0.138. The van der Waals surface area contributed by atoms with Crippen LogP contribution in [0.2, 0.25) is 5.02 Å². The second-order valence-corrected chi connectivity index (χ2v) is 8.29. The number of amides is 2. The van der Waals surface area contributed by atoms with Gasteiger partial charge in [0.15, 0.2) is 0 Å². The Morgan fingerprint density at radius 2 is 1.71 bits per heavy atom. The van der Waals surface area contributed by atoms with Gasteiger partial charge < -0.3 is 9.32 Å². The van der Waals surface area contributed by atoms with E-state index in [2.05, 4.69) is 18.7 Å². The minimum Gasteiger partial charge on any atom is -0.467 e. The molecule has 2 unspecified atom stereocenters. The second-order valence-electron chi connectivity index (χ2n) is 7.86. The molecule has 6 heteroatoms. The molecule has 2 aliphatic rings. The first-order valence-electron chi connectivity index (χ1n) is 9.57. The lowest BCUT2D eigenvalue weighted by atomic mass is 9.91. The highest BCUT2D eigenvalue weighted by atomic mass is 35.5. The van der Waals surface area contributed by atoms with Gasteiger partial charge in [0.2, 0.25) is 0 Å². The Labute approximate surface area is 169 Å². The van der Waals surface area contributed by atoms with Gasteiger partial charge in [-0.3, -0.25) is 14.5 Å². The third-order valence-electron chi connectivity index (χ3n) is 5.36. The summed E-state index contributed by atoms with van der Waals surface area (Å²) in [6, 6.07) is 10.6. The molecule has 28 heavy (non-hydrogen) atoms. The van der Waals surface area contributed by atoms with Crippen molar-refractivity contribution in [2.24, 2.45) is 11.8 Å². The molecule has 1 fully saturated rings. The van der Waals surface area contributed by atoms with Gasteiger partial charge in [0.05, 0.1) is 18.4 Å². The molecule has 0 saturated carbocycles. The van der Waals surface area contributed by atoms with Crippen LogP contribution in [0.25, 0.3) is 5.57 Å². The number of nitrogens with zero attached hydrogens (tertiary/aromatic N) is 2. The number of piperidine rings is 1. The van der Waals surface area contributed by atoms with Gasteiger partial charge in [0.1, 0.15) is 11.5 Å². The molecular formula is C22H23ClN2O3. The smallest absolute Gasteiger partial charge is 0.278 e. The average Bonchev–Trinajstić information content (AvgIpc) is 3.24. The van der Waals surface area contributed by atoms with E-state index in [0.717, 1.165) is 19.5 Å². The number of furan rings is 1. The SMILES string of the molecule is CC1CC(C)CN(C2=C(c3ccc(Cl)cc3)C(=O)N(Cc3ccco3)C2=O)C1. The third-order valence-corrected chi connectivity index (χ3v) is 5.61. The summed E-state index contributed by atoms with van der Waals surface area (Å²) in [6.07, 6.45) is 2.67. The molecule has 1 saturated heterocycles. The van der Waals surface area contributed by atoms with Gasteiger partial charge in [-0.25, -0.2) is 0 Å². The van der Waals surface area contributed by atoms with Gasteiger partial charge >= 0.3 is 0 Å². The van der Waals surface area contributed by atoms with Crippen molar-refractivity contribution in [1.82, 2.24) is 9.80 Å². The normalized spacial score (nSPS) is 23.1. The van der Waals surface area contributed by atoms with Crippen LogP contribution in [-0.4, -0.2) is 34.7 Å². The molecule has 0 bridgehead atoms. The van der Waals surface area contributed by atoms with E-state index < -0.39 is 0 Å². The first-order valence-corrected chi connectivity index (χ1v) is 9.95. The number of imide groups is 1. The van der Waals surface area contributed by atoms with Crippen LogP contribution in [0, 0.1) is 11.8 Å². The minimum atomic E-state index is -0.287. The average molecular weight is 399 g/mol. The van der Waals surface area contributed by atoms with Crippen molar-refractivity contribution in [2.75, 3.05) is 13.1 Å². The molecule has 3 heterocycles. The molecule has 0 spiro atoms. The van der Waals surface area contributed by atoms with Gasteiger partial charge in [-0.05, 0) is 48.1 Å².